The molecule has 5 heteroatoms. The Morgan fingerprint density at radius 1 is 1.62 bits per heavy atom. The zero-order chi connectivity index (χ0) is 9.90. The number of nitrogen functional groups attached to an aromatic ring is 1. The standard InChI is InChI=1S/C8H15IN3S/c1-8(2,3)12-5-9-6-4-11-7(10)13-6/h4,12H,5H2,1-3H3,(H2,10,11)/q-1. The summed E-state index contributed by atoms with van der Waals surface area (Å²) in [4.78, 5) is 4.03. The molecule has 1 rings (SSSR count). The van der Waals surface area contributed by atoms with Crippen molar-refractivity contribution in [2.75, 3.05) is 10.3 Å². The number of hydrogen-bond acceptors (Lipinski definition) is 4. The van der Waals surface area contributed by atoms with Gasteiger partial charge in [-0.1, -0.05) is 0 Å². The molecule has 0 saturated heterocycles. The maximum atomic E-state index is 5.54. The second-order valence-corrected chi connectivity index (χ2v) is 8.18. The van der Waals surface area contributed by atoms with E-state index in [1.807, 2.05) is 6.20 Å². The predicted octanol–water partition coefficient (Wildman–Crippen LogP) is -1.67. The second-order valence-electron chi connectivity index (χ2n) is 3.70. The normalized spacial score (nSPS) is 12.2. The minimum atomic E-state index is 0.0465. The Balaban J connectivity index is 2.28. The fourth-order valence-electron chi connectivity index (χ4n) is 0.628. The summed E-state index contributed by atoms with van der Waals surface area (Å²) in [5, 5.41) is 4.15. The Bertz CT molecular complexity index is 267. The van der Waals surface area contributed by atoms with Crippen LogP contribution in [-0.2, 0) is 0 Å². The first kappa shape index (κ1) is 11.2. The van der Waals surface area contributed by atoms with Gasteiger partial charge in [0.25, 0.3) is 0 Å². The second kappa shape index (κ2) is 4.56. The van der Waals surface area contributed by atoms with Crippen molar-refractivity contribution in [3.63, 3.8) is 0 Å². The Morgan fingerprint density at radius 3 is 2.77 bits per heavy atom. The molecule has 0 aromatic carbocycles. The number of aromatic nitrogens is 1. The van der Waals surface area contributed by atoms with Crippen LogP contribution >= 0.6 is 11.3 Å². The molecule has 0 radical (unpaired) electrons. The number of nitrogens with two attached hydrogens (primary N) is 1. The van der Waals surface area contributed by atoms with Crippen LogP contribution in [0.15, 0.2) is 6.20 Å². The van der Waals surface area contributed by atoms with Crippen LogP contribution in [0, 0.1) is 2.88 Å². The van der Waals surface area contributed by atoms with Crippen molar-refractivity contribution >= 4 is 16.5 Å². The first-order valence-electron chi connectivity index (χ1n) is 4.03. The van der Waals surface area contributed by atoms with E-state index < -0.39 is 0 Å². The van der Waals surface area contributed by atoms with Gasteiger partial charge in [-0.3, -0.25) is 0 Å². The summed E-state index contributed by atoms with van der Waals surface area (Å²) in [5.41, 5.74) is 5.76. The van der Waals surface area contributed by atoms with E-state index >= 15 is 0 Å². The first-order valence-corrected chi connectivity index (χ1v) is 7.45. The third kappa shape index (κ3) is 4.78. The van der Waals surface area contributed by atoms with Gasteiger partial charge in [-0.25, -0.2) is 0 Å². The summed E-state index contributed by atoms with van der Waals surface area (Å²) < 4.78 is 2.44. The van der Waals surface area contributed by atoms with E-state index in [9.17, 15) is 0 Å². The summed E-state index contributed by atoms with van der Waals surface area (Å²) in [7, 11) is 0. The molecule has 0 aliphatic rings. The average Bonchev–Trinajstić information content (AvgIpc) is 2.33. The van der Waals surface area contributed by atoms with Crippen molar-refractivity contribution in [2.24, 2.45) is 0 Å². The Kier molecular flexibility index (Phi) is 3.93. The van der Waals surface area contributed by atoms with Gasteiger partial charge in [0.2, 0.25) is 0 Å². The molecule has 0 atom stereocenters. The van der Waals surface area contributed by atoms with Gasteiger partial charge in [-0.15, -0.1) is 0 Å². The van der Waals surface area contributed by atoms with Gasteiger partial charge in [0.15, 0.2) is 0 Å². The summed E-state index contributed by atoms with van der Waals surface area (Å²) in [5.74, 6) is 0. The van der Waals surface area contributed by atoms with Crippen molar-refractivity contribution in [3.05, 3.63) is 9.08 Å². The molecule has 3 nitrogen and oxygen atoms in total. The van der Waals surface area contributed by atoms with Crippen molar-refractivity contribution in [2.45, 2.75) is 26.3 Å². The molecule has 0 aliphatic carbocycles. The van der Waals surface area contributed by atoms with Crippen LogP contribution in [0.5, 0.6) is 0 Å². The van der Waals surface area contributed by atoms with Crippen molar-refractivity contribution < 1.29 is 21.2 Å². The minimum absolute atomic E-state index is 0.0465. The van der Waals surface area contributed by atoms with Gasteiger partial charge in [0.1, 0.15) is 0 Å². The van der Waals surface area contributed by atoms with Gasteiger partial charge in [0, 0.05) is 0 Å². The average molecular weight is 312 g/mol. The van der Waals surface area contributed by atoms with Crippen LogP contribution in [0.3, 0.4) is 0 Å². The van der Waals surface area contributed by atoms with Crippen LogP contribution in [0.2, 0.25) is 0 Å². The predicted molar refractivity (Wildman–Crippen MR) is 53.0 cm³/mol. The topological polar surface area (TPSA) is 50.9 Å². The van der Waals surface area contributed by atoms with Crippen LogP contribution in [0.4, 0.5) is 5.13 Å². The molecule has 0 fully saturated rings. The maximum absolute atomic E-state index is 5.54. The van der Waals surface area contributed by atoms with Gasteiger partial charge in [-0.2, -0.15) is 0 Å². The number of thiazole rings is 1. The van der Waals surface area contributed by atoms with Crippen molar-refractivity contribution in [3.8, 4) is 0 Å². The van der Waals surface area contributed by atoms with Crippen LogP contribution in [-0.4, -0.2) is 15.1 Å². The number of hydrogen-bond donors (Lipinski definition) is 2. The molecule has 1 aromatic rings. The molecule has 0 aliphatic heterocycles. The molecular weight excluding hydrogens is 297 g/mol. The van der Waals surface area contributed by atoms with E-state index in [-0.39, 0.29) is 26.7 Å². The van der Waals surface area contributed by atoms with Gasteiger partial charge >= 0.3 is 93.7 Å². The summed E-state index contributed by atoms with van der Waals surface area (Å²) in [6.07, 6.45) is 1.90. The summed E-state index contributed by atoms with van der Waals surface area (Å²) in [6.45, 7) is 6.54. The van der Waals surface area contributed by atoms with Crippen LogP contribution in [0.25, 0.3) is 0 Å². The Labute approximate surface area is 93.4 Å². The fourth-order valence-corrected chi connectivity index (χ4v) is 4.65. The number of alkyl halides is 1. The molecule has 76 valence electrons. The quantitative estimate of drug-likeness (QED) is 0.399. The molecule has 0 unspecified atom stereocenters. The van der Waals surface area contributed by atoms with E-state index in [0.29, 0.717) is 5.13 Å². The number of anilines is 1. The van der Waals surface area contributed by atoms with E-state index in [1.54, 1.807) is 11.3 Å². The molecule has 0 amide bonds. The number of nitrogens with zero attached hydrogens (tertiary/aromatic N) is 1. The summed E-state index contributed by atoms with van der Waals surface area (Å²) >= 11 is 1.66. The third-order valence-corrected chi connectivity index (χ3v) is 5.09. The van der Waals surface area contributed by atoms with E-state index in [0.717, 1.165) is 4.55 Å². The van der Waals surface area contributed by atoms with Gasteiger partial charge in [0.05, 0.1) is 0 Å². The molecule has 0 saturated carbocycles. The molecular formula is C8H15IN3S-. The third-order valence-electron chi connectivity index (χ3n) is 1.29. The zero-order valence-corrected chi connectivity index (χ0v) is 11.1. The van der Waals surface area contributed by atoms with E-state index in [4.69, 9.17) is 5.73 Å². The molecule has 0 bridgehead atoms. The zero-order valence-electron chi connectivity index (χ0n) is 8.10. The van der Waals surface area contributed by atoms with Gasteiger partial charge < -0.3 is 0 Å². The molecule has 1 aromatic heterocycles. The molecule has 1 heterocycles. The van der Waals surface area contributed by atoms with Crippen LogP contribution in [0.1, 0.15) is 20.8 Å². The first-order chi connectivity index (χ1) is 5.97. The van der Waals surface area contributed by atoms with Crippen molar-refractivity contribution in [1.82, 2.24) is 10.3 Å². The monoisotopic (exact) mass is 312 g/mol. The van der Waals surface area contributed by atoms with Crippen LogP contribution < -0.4 is 32.3 Å². The number of halogens is 1. The number of nitrogens with one attached hydrogen (secondary N) is 1. The van der Waals surface area contributed by atoms with E-state index in [1.165, 1.54) is 2.88 Å². The molecule has 0 spiro atoms. The Morgan fingerprint density at radius 2 is 2.31 bits per heavy atom. The molecule has 13 heavy (non-hydrogen) atoms. The van der Waals surface area contributed by atoms with E-state index in [2.05, 4.69) is 31.1 Å². The fraction of sp³-hybridized carbons (Fsp3) is 0.625. The Hall–Kier alpha value is 0.120. The summed E-state index contributed by atoms with van der Waals surface area (Å²) in [6, 6.07) is 0. The van der Waals surface area contributed by atoms with Crippen molar-refractivity contribution in [1.29, 1.82) is 0 Å². The number of rotatable bonds is 3. The SMILES string of the molecule is CC(C)(C)NC[I-]c1cnc(N)s1. The molecule has 3 N–H and O–H groups in total. The van der Waals surface area contributed by atoms with Gasteiger partial charge in [-0.05, 0) is 0 Å².